The van der Waals surface area contributed by atoms with Crippen molar-refractivity contribution in [2.24, 2.45) is 0 Å². The van der Waals surface area contributed by atoms with E-state index in [1.54, 1.807) is 0 Å². The van der Waals surface area contributed by atoms with Crippen LogP contribution in [0.1, 0.15) is 25.0 Å². The molecular formula is C34H32P2. The Kier molecular flexibility index (Phi) is 8.66. The van der Waals surface area contributed by atoms with Gasteiger partial charge in [-0.3, -0.25) is 0 Å². The van der Waals surface area contributed by atoms with Gasteiger partial charge in [-0.05, 0) is 62.2 Å². The molecule has 0 radical (unpaired) electrons. The zero-order valence-corrected chi connectivity index (χ0v) is 23.0. The van der Waals surface area contributed by atoms with Gasteiger partial charge in [-0.1, -0.05) is 148 Å². The normalized spacial score (nSPS) is 10.6. The van der Waals surface area contributed by atoms with Crippen LogP contribution in [0.4, 0.5) is 0 Å². The van der Waals surface area contributed by atoms with Gasteiger partial charge in [0.05, 0.1) is 0 Å². The third-order valence-corrected chi connectivity index (χ3v) is 9.13. The van der Waals surface area contributed by atoms with Gasteiger partial charge in [0.25, 0.3) is 0 Å². The Morgan fingerprint density at radius 3 is 1.78 bits per heavy atom. The van der Waals surface area contributed by atoms with Crippen molar-refractivity contribution >= 4 is 61.3 Å². The minimum Gasteiger partial charge on any atom is -0.105 e. The van der Waals surface area contributed by atoms with Crippen LogP contribution in [0.15, 0.2) is 122 Å². The second-order valence-corrected chi connectivity index (χ2v) is 10.9. The molecule has 0 saturated carbocycles. The van der Waals surface area contributed by atoms with Gasteiger partial charge in [-0.15, -0.1) is 9.24 Å². The van der Waals surface area contributed by atoms with Crippen LogP contribution in [0, 0.1) is 0 Å². The summed E-state index contributed by atoms with van der Waals surface area (Å²) in [6.45, 7) is 12.3. The second kappa shape index (κ2) is 12.1. The topological polar surface area (TPSA) is 0 Å². The van der Waals surface area contributed by atoms with Gasteiger partial charge >= 0.3 is 0 Å². The minimum absolute atomic E-state index is 0.789. The van der Waals surface area contributed by atoms with Crippen molar-refractivity contribution in [3.05, 3.63) is 133 Å². The molecule has 5 aromatic rings. The van der Waals surface area contributed by atoms with E-state index in [1.165, 1.54) is 43.1 Å². The molecule has 0 nitrogen and oxygen atoms in total. The summed E-state index contributed by atoms with van der Waals surface area (Å²) < 4.78 is 0. The molecule has 0 aliphatic carbocycles. The smallest absolute Gasteiger partial charge is 0.000948 e. The van der Waals surface area contributed by atoms with Gasteiger partial charge in [0.2, 0.25) is 0 Å². The fourth-order valence-electron chi connectivity index (χ4n) is 4.62. The lowest BCUT2D eigenvalue weighted by Crippen LogP contribution is -2.24. The summed E-state index contributed by atoms with van der Waals surface area (Å²) in [7, 11) is 2.18. The summed E-state index contributed by atoms with van der Waals surface area (Å²) in [6, 6.07) is 39.3. The van der Waals surface area contributed by atoms with E-state index in [2.05, 4.69) is 132 Å². The molecule has 0 spiro atoms. The van der Waals surface area contributed by atoms with E-state index in [0.29, 0.717) is 0 Å². The summed E-state index contributed by atoms with van der Waals surface area (Å²) in [5, 5.41) is 7.65. The van der Waals surface area contributed by atoms with Crippen LogP contribution in [-0.2, 0) is 0 Å². The predicted octanol–water partition coefficient (Wildman–Crippen LogP) is 8.08. The zero-order valence-electron chi connectivity index (χ0n) is 21.0. The van der Waals surface area contributed by atoms with Crippen molar-refractivity contribution in [3.8, 4) is 11.1 Å². The molecule has 1 unspecified atom stereocenters. The van der Waals surface area contributed by atoms with E-state index in [-0.39, 0.29) is 0 Å². The molecule has 5 rings (SSSR count). The zero-order chi connectivity index (χ0) is 25.5. The molecule has 0 heterocycles. The molecule has 0 aromatic heterocycles. The van der Waals surface area contributed by atoms with E-state index >= 15 is 0 Å². The maximum Gasteiger partial charge on any atom is -0.000948 e. The van der Waals surface area contributed by atoms with Crippen LogP contribution >= 0.6 is 17.2 Å². The summed E-state index contributed by atoms with van der Waals surface area (Å²) >= 11 is 0. The maximum absolute atomic E-state index is 4.23. The largest absolute Gasteiger partial charge is 0.105 e. The number of rotatable bonds is 6. The number of hydrogen-bond acceptors (Lipinski definition) is 0. The Balaban J connectivity index is 0.00000148. The predicted molar refractivity (Wildman–Crippen MR) is 169 cm³/mol. The maximum atomic E-state index is 4.23. The highest BCUT2D eigenvalue weighted by molar-refractivity contribution is 7.80. The first-order chi connectivity index (χ1) is 17.7. The van der Waals surface area contributed by atoms with Crippen molar-refractivity contribution in [1.29, 1.82) is 0 Å². The van der Waals surface area contributed by atoms with Gasteiger partial charge in [-0.25, -0.2) is 0 Å². The SMILES string of the molecule is C=Cc1ccc(P(c2ccccc2)c2ccccc2)c(-c2c(P)ccc3ccccc23)c1C=C.CC. The highest BCUT2D eigenvalue weighted by Crippen LogP contribution is 2.41. The van der Waals surface area contributed by atoms with Gasteiger partial charge in [-0.2, -0.15) is 0 Å². The summed E-state index contributed by atoms with van der Waals surface area (Å²) in [5.41, 5.74) is 4.72. The first kappa shape index (κ1) is 25.8. The van der Waals surface area contributed by atoms with Crippen LogP contribution in [0.3, 0.4) is 0 Å². The van der Waals surface area contributed by atoms with Gasteiger partial charge < -0.3 is 0 Å². The summed E-state index contributed by atoms with van der Waals surface area (Å²) in [4.78, 5) is 0. The van der Waals surface area contributed by atoms with Gasteiger partial charge in [0.1, 0.15) is 0 Å². The molecule has 0 aliphatic rings. The van der Waals surface area contributed by atoms with Crippen molar-refractivity contribution in [1.82, 2.24) is 0 Å². The molecule has 0 fully saturated rings. The molecule has 2 heteroatoms. The molecule has 178 valence electrons. The molecule has 0 N–H and O–H groups in total. The first-order valence-electron chi connectivity index (χ1n) is 12.3. The fourth-order valence-corrected chi connectivity index (χ4v) is 7.49. The van der Waals surface area contributed by atoms with E-state index in [9.17, 15) is 0 Å². The van der Waals surface area contributed by atoms with Crippen LogP contribution in [-0.4, -0.2) is 0 Å². The third-order valence-electron chi connectivity index (χ3n) is 6.16. The molecule has 0 bridgehead atoms. The molecule has 5 aromatic carbocycles. The fraction of sp³-hybridized carbons (Fsp3) is 0.0588. The average molecular weight is 503 g/mol. The second-order valence-electron chi connectivity index (χ2n) is 8.13. The Labute approximate surface area is 219 Å². The monoisotopic (exact) mass is 502 g/mol. The van der Waals surface area contributed by atoms with Crippen LogP contribution in [0.2, 0.25) is 0 Å². The Morgan fingerprint density at radius 2 is 1.19 bits per heavy atom. The van der Waals surface area contributed by atoms with Crippen molar-refractivity contribution in [2.45, 2.75) is 13.8 Å². The first-order valence-corrected chi connectivity index (χ1v) is 14.2. The van der Waals surface area contributed by atoms with E-state index in [1.807, 2.05) is 26.0 Å². The quantitative estimate of drug-likeness (QED) is 0.206. The minimum atomic E-state index is -0.789. The molecule has 36 heavy (non-hydrogen) atoms. The lowest BCUT2D eigenvalue weighted by Gasteiger charge is -2.26. The Bertz CT molecular complexity index is 1450. The van der Waals surface area contributed by atoms with Crippen molar-refractivity contribution < 1.29 is 0 Å². The van der Waals surface area contributed by atoms with Crippen molar-refractivity contribution in [3.63, 3.8) is 0 Å². The molecule has 0 amide bonds. The standard InChI is InChI=1S/C32H26P2.C2H6/c1-3-23-20-22-30(34(25-14-7-5-8-15-25)26-16-9-6-10-17-26)32(27(23)4-2)31-28-18-12-11-13-24(28)19-21-29(31)33;1-2/h3-22H,1-2,33H2;1-2H3. The Hall–Kier alpha value is -3.30. The third kappa shape index (κ3) is 4.99. The molecule has 0 saturated heterocycles. The highest BCUT2D eigenvalue weighted by atomic mass is 31.1. The molecule has 0 aliphatic heterocycles. The van der Waals surface area contributed by atoms with Gasteiger partial charge in [0.15, 0.2) is 0 Å². The molecule has 1 atom stereocenters. The molecular weight excluding hydrogens is 470 g/mol. The number of benzene rings is 5. The van der Waals surface area contributed by atoms with Gasteiger partial charge in [0, 0.05) is 0 Å². The lowest BCUT2D eigenvalue weighted by molar-refractivity contribution is 1.50. The van der Waals surface area contributed by atoms with Crippen molar-refractivity contribution in [2.75, 3.05) is 0 Å². The van der Waals surface area contributed by atoms with E-state index in [4.69, 9.17) is 0 Å². The highest BCUT2D eigenvalue weighted by Gasteiger charge is 2.24. The van der Waals surface area contributed by atoms with E-state index in [0.717, 1.165) is 11.1 Å². The lowest BCUT2D eigenvalue weighted by atomic mass is 9.91. The van der Waals surface area contributed by atoms with Crippen LogP contribution in [0.5, 0.6) is 0 Å². The van der Waals surface area contributed by atoms with E-state index < -0.39 is 7.92 Å². The van der Waals surface area contributed by atoms with Crippen LogP contribution in [0.25, 0.3) is 34.1 Å². The number of fused-ring (bicyclic) bond motifs is 1. The number of hydrogen-bond donors (Lipinski definition) is 0. The Morgan fingerprint density at radius 1 is 0.611 bits per heavy atom. The summed E-state index contributed by atoms with van der Waals surface area (Å²) in [5.74, 6) is 0. The van der Waals surface area contributed by atoms with Crippen LogP contribution < -0.4 is 21.2 Å². The summed E-state index contributed by atoms with van der Waals surface area (Å²) in [6.07, 6.45) is 3.93. The average Bonchev–Trinajstić information content (AvgIpc) is 2.95.